The molecule has 1 unspecified atom stereocenters. The Kier molecular flexibility index (Phi) is 7.95. The molecule has 0 fully saturated rings. The highest BCUT2D eigenvalue weighted by atomic mass is 16.6. The van der Waals surface area contributed by atoms with E-state index in [0.717, 1.165) is 12.2 Å². The number of rotatable bonds is 10. The van der Waals surface area contributed by atoms with Gasteiger partial charge >= 0.3 is 11.9 Å². The Labute approximate surface area is 126 Å². The van der Waals surface area contributed by atoms with Crippen molar-refractivity contribution in [1.29, 1.82) is 0 Å². The highest BCUT2D eigenvalue weighted by molar-refractivity contribution is 5.81. The summed E-state index contributed by atoms with van der Waals surface area (Å²) < 4.78 is 16.2. The highest BCUT2D eigenvalue weighted by Crippen LogP contribution is 2.23. The molecule has 0 aromatic rings. The van der Waals surface area contributed by atoms with Gasteiger partial charge in [0, 0.05) is 12.2 Å². The average molecular weight is 298 g/mol. The summed E-state index contributed by atoms with van der Waals surface area (Å²) in [4.78, 5) is 22.5. The molecule has 0 spiro atoms. The van der Waals surface area contributed by atoms with Gasteiger partial charge in [0.15, 0.2) is 0 Å². The molecule has 2 atom stereocenters. The molecule has 0 aliphatic carbocycles. The summed E-state index contributed by atoms with van der Waals surface area (Å²) in [5.41, 5.74) is -1.39. The third kappa shape index (κ3) is 7.09. The molecule has 0 bridgehead atoms. The average Bonchev–Trinajstić information content (AvgIpc) is 2.50. The molecule has 0 saturated carbocycles. The van der Waals surface area contributed by atoms with E-state index in [-0.39, 0.29) is 13.2 Å². The van der Waals surface area contributed by atoms with E-state index in [1.165, 1.54) is 0 Å². The minimum absolute atomic E-state index is 0.115. The van der Waals surface area contributed by atoms with Crippen LogP contribution >= 0.6 is 0 Å². The fourth-order valence-corrected chi connectivity index (χ4v) is 1.34. The zero-order valence-corrected chi connectivity index (χ0v) is 13.4. The number of esters is 2. The van der Waals surface area contributed by atoms with E-state index in [2.05, 4.69) is 13.2 Å². The summed E-state index contributed by atoms with van der Waals surface area (Å²) in [6.07, 6.45) is 3.47. The second-order valence-corrected chi connectivity index (χ2v) is 5.33. The van der Waals surface area contributed by atoms with Crippen molar-refractivity contribution < 1.29 is 23.8 Å². The first-order chi connectivity index (χ1) is 9.74. The lowest BCUT2D eigenvalue weighted by molar-refractivity contribution is -0.175. The second kappa shape index (κ2) is 8.62. The minimum atomic E-state index is -0.746. The van der Waals surface area contributed by atoms with Crippen LogP contribution < -0.4 is 0 Å². The van der Waals surface area contributed by atoms with Crippen molar-refractivity contribution in [2.75, 3.05) is 13.2 Å². The third-order valence-corrected chi connectivity index (χ3v) is 3.42. The van der Waals surface area contributed by atoms with Gasteiger partial charge in [0.2, 0.25) is 0 Å². The third-order valence-electron chi connectivity index (χ3n) is 3.42. The number of hydrogen-bond acceptors (Lipinski definition) is 5. The van der Waals surface area contributed by atoms with E-state index < -0.39 is 23.1 Å². The predicted molar refractivity (Wildman–Crippen MR) is 80.8 cm³/mol. The van der Waals surface area contributed by atoms with Crippen LogP contribution in [0, 0.1) is 0 Å². The quantitative estimate of drug-likeness (QED) is 0.458. The molecule has 0 aromatic carbocycles. The number of hydrogen-bond donors (Lipinski definition) is 0. The van der Waals surface area contributed by atoms with Crippen molar-refractivity contribution in [3.63, 3.8) is 0 Å². The van der Waals surface area contributed by atoms with Crippen LogP contribution in [0.2, 0.25) is 0 Å². The minimum Gasteiger partial charge on any atom is -0.459 e. The Balaban J connectivity index is 4.65. The summed E-state index contributed by atoms with van der Waals surface area (Å²) in [5.74, 6) is -0.978. The first kappa shape index (κ1) is 19.4. The van der Waals surface area contributed by atoms with Gasteiger partial charge in [0.05, 0.1) is 12.2 Å². The lowest BCUT2D eigenvalue weighted by Crippen LogP contribution is -2.43. The number of carbonyl (C=O) groups is 2. The van der Waals surface area contributed by atoms with E-state index in [9.17, 15) is 9.59 Å². The van der Waals surface area contributed by atoms with E-state index in [0.29, 0.717) is 12.8 Å². The molecule has 0 amide bonds. The lowest BCUT2D eigenvalue weighted by atomic mass is 10.0. The zero-order valence-electron chi connectivity index (χ0n) is 13.4. The Morgan fingerprint density at radius 3 is 1.90 bits per heavy atom. The Bertz CT molecular complexity index is 390. The molecule has 0 aliphatic rings. The van der Waals surface area contributed by atoms with Crippen LogP contribution in [-0.2, 0) is 23.8 Å². The van der Waals surface area contributed by atoms with Crippen molar-refractivity contribution in [1.82, 2.24) is 0 Å². The normalized spacial score (nSPS) is 16.2. The molecule has 0 rings (SSSR count). The molecule has 0 radical (unpaired) electrons. The fourth-order valence-electron chi connectivity index (χ4n) is 1.34. The van der Waals surface area contributed by atoms with Crippen LogP contribution in [-0.4, -0.2) is 36.4 Å². The van der Waals surface area contributed by atoms with Crippen molar-refractivity contribution in [3.05, 3.63) is 25.3 Å². The maximum atomic E-state index is 11.4. The molecule has 5 nitrogen and oxygen atoms in total. The van der Waals surface area contributed by atoms with Gasteiger partial charge in [0.25, 0.3) is 0 Å². The molecule has 0 saturated heterocycles. The number of carbonyl (C=O) groups excluding carboxylic acids is 2. The fraction of sp³-hybridized carbons (Fsp3) is 0.625. The maximum absolute atomic E-state index is 11.4. The predicted octanol–water partition coefficient (Wildman–Crippen LogP) is 2.80. The van der Waals surface area contributed by atoms with E-state index in [1.54, 1.807) is 6.92 Å². The molecular formula is C16H26O5. The Morgan fingerprint density at radius 2 is 1.48 bits per heavy atom. The van der Waals surface area contributed by atoms with Gasteiger partial charge in [-0.2, -0.15) is 0 Å². The van der Waals surface area contributed by atoms with E-state index in [1.807, 2.05) is 20.8 Å². The van der Waals surface area contributed by atoms with Crippen LogP contribution in [0.5, 0.6) is 0 Å². The first-order valence-electron chi connectivity index (χ1n) is 7.02. The molecule has 0 heterocycles. The van der Waals surface area contributed by atoms with Gasteiger partial charge in [-0.15, -0.1) is 0 Å². The Morgan fingerprint density at radius 1 is 0.952 bits per heavy atom. The molecule has 0 aromatic heterocycles. The van der Waals surface area contributed by atoms with Crippen LogP contribution in [0.25, 0.3) is 0 Å². The standard InChI is InChI=1S/C16H26O5/c1-7-13(17)19-11-15(5,9-3)20-12-16(6,10-4)21-14(18)8-2/h7-8H,1-2,9-12H2,3-6H3/t15?,16-/m0/s1. The molecular weight excluding hydrogens is 272 g/mol. The van der Waals surface area contributed by atoms with E-state index >= 15 is 0 Å². The highest BCUT2D eigenvalue weighted by Gasteiger charge is 2.32. The zero-order chi connectivity index (χ0) is 16.5. The first-order valence-corrected chi connectivity index (χ1v) is 7.02. The van der Waals surface area contributed by atoms with Crippen molar-refractivity contribution in [2.24, 2.45) is 0 Å². The van der Waals surface area contributed by atoms with Gasteiger partial charge in [-0.1, -0.05) is 27.0 Å². The summed E-state index contributed by atoms with van der Waals surface area (Å²) in [6, 6.07) is 0. The topological polar surface area (TPSA) is 61.8 Å². The summed E-state index contributed by atoms with van der Waals surface area (Å²) >= 11 is 0. The van der Waals surface area contributed by atoms with Crippen molar-refractivity contribution in [3.8, 4) is 0 Å². The molecule has 21 heavy (non-hydrogen) atoms. The van der Waals surface area contributed by atoms with E-state index in [4.69, 9.17) is 14.2 Å². The summed E-state index contributed by atoms with van der Waals surface area (Å²) in [7, 11) is 0. The van der Waals surface area contributed by atoms with Gasteiger partial charge in [0.1, 0.15) is 12.2 Å². The largest absolute Gasteiger partial charge is 0.459 e. The smallest absolute Gasteiger partial charge is 0.330 e. The van der Waals surface area contributed by atoms with Crippen LogP contribution in [0.15, 0.2) is 25.3 Å². The van der Waals surface area contributed by atoms with Crippen LogP contribution in [0.4, 0.5) is 0 Å². The SMILES string of the molecule is C=CC(=O)OCC(C)(CC)OC[C@](C)(CC)OC(=O)C=C. The molecule has 0 N–H and O–H groups in total. The monoisotopic (exact) mass is 298 g/mol. The molecule has 0 aliphatic heterocycles. The van der Waals surface area contributed by atoms with Crippen molar-refractivity contribution in [2.45, 2.75) is 51.7 Å². The van der Waals surface area contributed by atoms with Crippen LogP contribution in [0.1, 0.15) is 40.5 Å². The lowest BCUT2D eigenvalue weighted by Gasteiger charge is -2.34. The van der Waals surface area contributed by atoms with Gasteiger partial charge in [-0.3, -0.25) is 0 Å². The van der Waals surface area contributed by atoms with Crippen molar-refractivity contribution >= 4 is 11.9 Å². The molecule has 5 heteroatoms. The summed E-state index contributed by atoms with van der Waals surface area (Å²) in [6.45, 7) is 14.5. The van der Waals surface area contributed by atoms with Gasteiger partial charge in [-0.25, -0.2) is 9.59 Å². The summed E-state index contributed by atoms with van der Waals surface area (Å²) in [5, 5.41) is 0. The Hall–Kier alpha value is -1.62. The molecule has 120 valence electrons. The van der Waals surface area contributed by atoms with Gasteiger partial charge < -0.3 is 14.2 Å². The maximum Gasteiger partial charge on any atom is 0.330 e. The van der Waals surface area contributed by atoms with Gasteiger partial charge in [-0.05, 0) is 26.7 Å². The number of ether oxygens (including phenoxy) is 3. The second-order valence-electron chi connectivity index (χ2n) is 5.33. The van der Waals surface area contributed by atoms with Crippen LogP contribution in [0.3, 0.4) is 0 Å².